The first kappa shape index (κ1) is 18.5. The van der Waals surface area contributed by atoms with E-state index in [0.29, 0.717) is 21.2 Å². The van der Waals surface area contributed by atoms with Crippen LogP contribution in [0.1, 0.15) is 5.56 Å². The fraction of sp³-hybridized carbons (Fsp3) is 0.188. The lowest BCUT2D eigenvalue weighted by Crippen LogP contribution is -2.09. The van der Waals surface area contributed by atoms with Crippen LogP contribution in [0.3, 0.4) is 0 Å². The summed E-state index contributed by atoms with van der Waals surface area (Å²) < 4.78 is 20.8. The van der Waals surface area contributed by atoms with E-state index in [0.717, 1.165) is 0 Å². The highest BCUT2D eigenvalue weighted by Gasteiger charge is 2.12. The zero-order chi connectivity index (χ0) is 18.4. The summed E-state index contributed by atoms with van der Waals surface area (Å²) in [5.74, 6) is 2.31. The van der Waals surface area contributed by atoms with Gasteiger partial charge >= 0.3 is 11.6 Å². The Labute approximate surface area is 150 Å². The van der Waals surface area contributed by atoms with Gasteiger partial charge in [-0.3, -0.25) is 4.79 Å². The van der Waals surface area contributed by atoms with Crippen molar-refractivity contribution in [3.63, 3.8) is 0 Å². The number of amides is 1. The van der Waals surface area contributed by atoms with E-state index in [1.807, 2.05) is 11.8 Å². The van der Waals surface area contributed by atoms with E-state index in [1.165, 1.54) is 19.2 Å². The molecule has 1 amide bonds. The number of hydrogen-bond donors (Lipinski definition) is 1. The highest BCUT2D eigenvalue weighted by molar-refractivity contribution is 9.10. The van der Waals surface area contributed by atoms with Gasteiger partial charge in [-0.05, 0) is 22.0 Å². The maximum Gasteiger partial charge on any atom is 0.385 e. The highest BCUT2D eigenvalue weighted by Crippen LogP contribution is 2.31. The summed E-state index contributed by atoms with van der Waals surface area (Å²) in [5.41, 5.74) is 4.83. The van der Waals surface area contributed by atoms with Crippen LogP contribution in [0.5, 0.6) is 5.75 Å². The Morgan fingerprint density at radius 2 is 2.04 bits per heavy atom. The van der Waals surface area contributed by atoms with Crippen molar-refractivity contribution in [1.82, 2.24) is 0 Å². The number of rotatable bonds is 5. The summed E-state index contributed by atoms with van der Waals surface area (Å²) in [4.78, 5) is 33.6. The molecule has 0 unspecified atom stereocenters. The largest absolute Gasteiger partial charge is 0.466 e. The maximum atomic E-state index is 11.7. The molecule has 0 atom stereocenters. The van der Waals surface area contributed by atoms with E-state index in [9.17, 15) is 14.4 Å². The number of hydrogen-bond acceptors (Lipinski definition) is 7. The Hall–Kier alpha value is -2.83. The van der Waals surface area contributed by atoms with E-state index >= 15 is 0 Å². The summed E-state index contributed by atoms with van der Waals surface area (Å²) in [6, 6.07) is 4.36. The van der Waals surface area contributed by atoms with Gasteiger partial charge in [-0.15, -0.1) is 0 Å². The molecule has 2 aromatic rings. The van der Waals surface area contributed by atoms with Crippen molar-refractivity contribution in [2.45, 2.75) is 6.61 Å². The first-order valence-corrected chi connectivity index (χ1v) is 7.56. The first-order chi connectivity index (χ1) is 11.9. The second kappa shape index (κ2) is 8.32. The lowest BCUT2D eigenvalue weighted by atomic mass is 10.1. The molecule has 0 bridgehead atoms. The summed E-state index contributed by atoms with van der Waals surface area (Å²) in [6.07, 6.45) is 0. The Morgan fingerprint density at radius 3 is 2.72 bits per heavy atom. The monoisotopic (exact) mass is 409 g/mol. The molecule has 0 aliphatic carbocycles. The molecule has 130 valence electrons. The average molecular weight is 410 g/mol. The summed E-state index contributed by atoms with van der Waals surface area (Å²) >= 11 is 3.34. The third-order valence-electron chi connectivity index (χ3n) is 2.86. The second-order valence-corrected chi connectivity index (χ2v) is 5.47. The molecule has 0 radical (unpaired) electrons. The number of benzene rings is 1. The van der Waals surface area contributed by atoms with Gasteiger partial charge in [-0.1, -0.05) is 0 Å². The molecule has 1 heterocycles. The third-order valence-corrected chi connectivity index (χ3v) is 3.48. The minimum Gasteiger partial charge on any atom is -0.466 e. The minimum atomic E-state index is -0.949. The molecule has 0 spiro atoms. The van der Waals surface area contributed by atoms with Crippen molar-refractivity contribution in [3.05, 3.63) is 38.7 Å². The van der Waals surface area contributed by atoms with E-state index in [1.54, 1.807) is 6.07 Å². The molecule has 25 heavy (non-hydrogen) atoms. The first-order valence-electron chi connectivity index (χ1n) is 6.77. The van der Waals surface area contributed by atoms with Crippen LogP contribution in [0.2, 0.25) is 0 Å². The third kappa shape index (κ3) is 5.07. The van der Waals surface area contributed by atoms with Crippen molar-refractivity contribution in [2.24, 2.45) is 5.73 Å². The van der Waals surface area contributed by atoms with E-state index < -0.39 is 17.5 Å². The summed E-state index contributed by atoms with van der Waals surface area (Å²) in [7, 11) is 1.47. The molecule has 1 aromatic carbocycles. The molecular weight excluding hydrogens is 398 g/mol. The Balaban J connectivity index is 2.32. The van der Waals surface area contributed by atoms with E-state index in [2.05, 4.69) is 15.9 Å². The van der Waals surface area contributed by atoms with Crippen molar-refractivity contribution in [2.75, 3.05) is 13.9 Å². The molecule has 2 N–H and O–H groups in total. The molecule has 1 aromatic heterocycles. The molecule has 2 rings (SSSR count). The molecule has 9 heteroatoms. The van der Waals surface area contributed by atoms with Crippen LogP contribution in [-0.4, -0.2) is 25.8 Å². The molecule has 0 aliphatic heterocycles. The van der Waals surface area contributed by atoms with Gasteiger partial charge in [0.2, 0.25) is 0 Å². The second-order valence-electron chi connectivity index (χ2n) is 4.61. The molecule has 0 saturated carbocycles. The number of carbonyl (C=O) groups is 2. The van der Waals surface area contributed by atoms with Crippen LogP contribution in [0.4, 0.5) is 0 Å². The topological polar surface area (TPSA) is 118 Å². The quantitative estimate of drug-likeness (QED) is 0.258. The smallest absolute Gasteiger partial charge is 0.385 e. The summed E-state index contributed by atoms with van der Waals surface area (Å²) in [5, 5.41) is 0.534. The summed E-state index contributed by atoms with van der Waals surface area (Å²) in [6.45, 7) is -0.219. The normalized spacial score (nSPS) is 10.0. The lowest BCUT2D eigenvalue weighted by molar-refractivity contribution is -0.138. The van der Waals surface area contributed by atoms with Crippen LogP contribution in [0.25, 0.3) is 11.0 Å². The highest BCUT2D eigenvalue weighted by atomic mass is 79.9. The van der Waals surface area contributed by atoms with Crippen molar-refractivity contribution in [1.29, 1.82) is 0 Å². The van der Waals surface area contributed by atoms with Crippen molar-refractivity contribution >= 4 is 38.8 Å². The van der Waals surface area contributed by atoms with Crippen molar-refractivity contribution in [3.8, 4) is 17.6 Å². The lowest BCUT2D eigenvalue weighted by Gasteiger charge is -2.10. The number of methoxy groups -OCH3 is 1. The van der Waals surface area contributed by atoms with Crippen LogP contribution in [-0.2, 0) is 25.7 Å². The zero-order valence-electron chi connectivity index (χ0n) is 13.0. The van der Waals surface area contributed by atoms with Crippen LogP contribution in [0.15, 0.2) is 31.9 Å². The Morgan fingerprint density at radius 1 is 1.28 bits per heavy atom. The molecular formula is C16H12BrNO7. The fourth-order valence-corrected chi connectivity index (χ4v) is 2.33. The number of fused-ring (bicyclic) bond motifs is 1. The van der Waals surface area contributed by atoms with Gasteiger partial charge in [-0.25, -0.2) is 9.59 Å². The average Bonchev–Trinajstić information content (AvgIpc) is 2.56. The van der Waals surface area contributed by atoms with E-state index in [4.69, 9.17) is 24.4 Å². The predicted molar refractivity (Wildman–Crippen MR) is 89.5 cm³/mol. The number of primary amides is 1. The number of halogens is 1. The Bertz CT molecular complexity index is 939. The van der Waals surface area contributed by atoms with Crippen LogP contribution < -0.4 is 16.1 Å². The number of esters is 1. The zero-order valence-corrected chi connectivity index (χ0v) is 14.5. The predicted octanol–water partition coefficient (Wildman–Crippen LogP) is 1.07. The van der Waals surface area contributed by atoms with Crippen molar-refractivity contribution < 1.29 is 28.2 Å². The van der Waals surface area contributed by atoms with Crippen LogP contribution in [0, 0.1) is 11.8 Å². The Kier molecular flexibility index (Phi) is 6.16. The van der Waals surface area contributed by atoms with Gasteiger partial charge in [0, 0.05) is 42.0 Å². The fourth-order valence-electron chi connectivity index (χ4n) is 1.87. The van der Waals surface area contributed by atoms with Gasteiger partial charge in [0.05, 0.1) is 4.47 Å². The maximum absolute atomic E-state index is 11.7. The van der Waals surface area contributed by atoms with Gasteiger partial charge in [0.15, 0.2) is 6.79 Å². The van der Waals surface area contributed by atoms with Gasteiger partial charge < -0.3 is 24.4 Å². The van der Waals surface area contributed by atoms with Crippen LogP contribution >= 0.6 is 15.9 Å². The molecule has 8 nitrogen and oxygen atoms in total. The molecule has 0 saturated heterocycles. The molecule has 0 fully saturated rings. The SMILES string of the molecule is COCOc1cc2oc(=O)cc(COC(=O)C#CC(N)=O)c2cc1Br. The van der Waals surface area contributed by atoms with Gasteiger partial charge in [0.1, 0.15) is 17.9 Å². The number of carbonyl (C=O) groups excluding carboxylic acids is 2. The van der Waals surface area contributed by atoms with E-state index in [-0.39, 0.29) is 19.0 Å². The standard InChI is InChI=1S/C16H12BrNO7/c1-22-8-24-13-6-12-10(5-11(13)17)9(4-16(21)25-12)7-23-15(20)3-2-14(18)19/h4-6H,7-8H2,1H3,(H2,18,19). The number of ether oxygens (including phenoxy) is 3. The molecule has 0 aliphatic rings. The number of nitrogens with two attached hydrogens (primary N) is 1. The van der Waals surface area contributed by atoms with Gasteiger partial charge in [-0.2, -0.15) is 0 Å². The minimum absolute atomic E-state index is 0.0180. The van der Waals surface area contributed by atoms with Gasteiger partial charge in [0.25, 0.3) is 5.91 Å².